The Morgan fingerprint density at radius 1 is 1.47 bits per heavy atom. The Morgan fingerprint density at radius 2 is 2.13 bits per heavy atom. The lowest BCUT2D eigenvalue weighted by molar-refractivity contribution is -0.142. The molecule has 0 unspecified atom stereocenters. The van der Waals surface area contributed by atoms with Crippen LogP contribution < -0.4 is 10.6 Å². The first kappa shape index (κ1) is 11.8. The van der Waals surface area contributed by atoms with Crippen molar-refractivity contribution in [2.75, 3.05) is 19.8 Å². The van der Waals surface area contributed by atoms with Crippen molar-refractivity contribution < 1.29 is 19.4 Å². The van der Waals surface area contributed by atoms with E-state index in [-0.39, 0.29) is 24.8 Å². The highest BCUT2D eigenvalue weighted by atomic mass is 16.5. The molecule has 1 rings (SSSR count). The molecule has 1 aliphatic carbocycles. The highest BCUT2D eigenvalue weighted by Gasteiger charge is 2.38. The van der Waals surface area contributed by atoms with Crippen LogP contribution in [0.2, 0.25) is 0 Å². The number of carboxylic acid groups (broad SMARTS) is 1. The number of carbonyl (C=O) groups excluding carboxylic acids is 1. The molecule has 0 aromatic rings. The predicted octanol–water partition coefficient (Wildman–Crippen LogP) is -0.0607. The van der Waals surface area contributed by atoms with Gasteiger partial charge in [-0.2, -0.15) is 0 Å². The molecule has 0 radical (unpaired) electrons. The molecule has 0 bridgehead atoms. The maximum Gasteiger partial charge on any atom is 0.329 e. The third-order valence-electron chi connectivity index (χ3n) is 2.17. The lowest BCUT2D eigenvalue weighted by Gasteiger charge is -2.12. The first-order valence-corrected chi connectivity index (χ1v) is 4.87. The van der Waals surface area contributed by atoms with Crippen molar-refractivity contribution in [2.45, 2.75) is 25.3 Å². The Labute approximate surface area is 88.0 Å². The van der Waals surface area contributed by atoms with E-state index in [9.17, 15) is 9.59 Å². The average Bonchev–Trinajstić information content (AvgIpc) is 2.82. The fourth-order valence-corrected chi connectivity index (χ4v) is 1.03. The summed E-state index contributed by atoms with van der Waals surface area (Å²) in [7, 11) is 0. The van der Waals surface area contributed by atoms with Crippen LogP contribution in [0, 0.1) is 0 Å². The number of hydrogen-bond donors (Lipinski definition) is 3. The first-order chi connectivity index (χ1) is 7.02. The van der Waals surface area contributed by atoms with E-state index >= 15 is 0 Å². The summed E-state index contributed by atoms with van der Waals surface area (Å²) in [6.45, 7) is 2.17. The van der Waals surface area contributed by atoms with Gasteiger partial charge in [0.15, 0.2) is 0 Å². The summed E-state index contributed by atoms with van der Waals surface area (Å²) in [6, 6.07) is -0.228. The summed E-state index contributed by atoms with van der Waals surface area (Å²) < 4.78 is 4.75. The van der Waals surface area contributed by atoms with Gasteiger partial charge in [0.2, 0.25) is 0 Å². The van der Waals surface area contributed by atoms with Gasteiger partial charge in [0.25, 0.3) is 0 Å². The number of hydrogen-bond acceptors (Lipinski definition) is 3. The van der Waals surface area contributed by atoms with Crippen LogP contribution in [0.1, 0.15) is 19.8 Å². The molecule has 1 aliphatic rings. The van der Waals surface area contributed by atoms with Crippen LogP contribution in [0.5, 0.6) is 0 Å². The van der Waals surface area contributed by atoms with Crippen LogP contribution in [-0.4, -0.2) is 42.4 Å². The fourth-order valence-electron chi connectivity index (χ4n) is 1.03. The molecular weight excluding hydrogens is 200 g/mol. The van der Waals surface area contributed by atoms with Crippen molar-refractivity contribution in [1.29, 1.82) is 0 Å². The maximum absolute atomic E-state index is 11.2. The van der Waals surface area contributed by atoms with E-state index in [1.165, 1.54) is 0 Å². The molecule has 0 atom stereocenters. The minimum absolute atomic E-state index is 0.0357. The van der Waals surface area contributed by atoms with Crippen LogP contribution in [0.3, 0.4) is 0 Å². The number of carbonyl (C=O) groups is 2. The van der Waals surface area contributed by atoms with Gasteiger partial charge in [0.05, 0.1) is 6.61 Å². The summed E-state index contributed by atoms with van der Waals surface area (Å²) in [4.78, 5) is 21.3. The topological polar surface area (TPSA) is 87.7 Å². The minimum Gasteiger partial charge on any atom is -0.480 e. The van der Waals surface area contributed by atoms with Gasteiger partial charge in [-0.25, -0.2) is 9.59 Å². The summed E-state index contributed by atoms with van der Waals surface area (Å²) in [5.74, 6) is -1.01. The molecule has 2 amide bonds. The van der Waals surface area contributed by atoms with E-state index in [0.717, 1.165) is 12.8 Å². The van der Waals surface area contributed by atoms with Crippen molar-refractivity contribution in [3.05, 3.63) is 0 Å². The van der Waals surface area contributed by atoms with E-state index in [1.807, 2.05) is 6.92 Å². The largest absolute Gasteiger partial charge is 0.480 e. The van der Waals surface area contributed by atoms with Gasteiger partial charge >= 0.3 is 12.0 Å². The smallest absolute Gasteiger partial charge is 0.329 e. The number of rotatable bonds is 6. The molecule has 0 aromatic carbocycles. The number of nitrogens with one attached hydrogen (secondary N) is 2. The molecule has 1 saturated carbocycles. The van der Waals surface area contributed by atoms with Crippen LogP contribution >= 0.6 is 0 Å². The molecule has 1 fully saturated rings. The monoisotopic (exact) mass is 216 g/mol. The van der Waals surface area contributed by atoms with E-state index in [2.05, 4.69) is 10.6 Å². The summed E-state index contributed by atoms with van der Waals surface area (Å²) in [5, 5.41) is 13.7. The lowest BCUT2D eigenvalue weighted by atomic mass is 10.3. The van der Waals surface area contributed by atoms with E-state index in [4.69, 9.17) is 9.84 Å². The van der Waals surface area contributed by atoms with Crippen LogP contribution in [-0.2, 0) is 9.53 Å². The molecular formula is C9H16N2O4. The predicted molar refractivity (Wildman–Crippen MR) is 52.6 cm³/mol. The third-order valence-corrected chi connectivity index (χ3v) is 2.17. The number of amides is 2. The number of carboxylic acids is 1. The van der Waals surface area contributed by atoms with E-state index in [1.54, 1.807) is 0 Å². The van der Waals surface area contributed by atoms with Gasteiger partial charge in [-0.05, 0) is 19.8 Å². The third kappa shape index (κ3) is 5.21. The molecule has 15 heavy (non-hydrogen) atoms. The highest BCUT2D eigenvalue weighted by molar-refractivity contribution is 5.75. The molecule has 3 N–H and O–H groups in total. The Kier molecular flexibility index (Phi) is 3.90. The molecule has 0 saturated heterocycles. The first-order valence-electron chi connectivity index (χ1n) is 4.87. The second-order valence-electron chi connectivity index (χ2n) is 3.89. The zero-order valence-corrected chi connectivity index (χ0v) is 8.71. The molecule has 0 spiro atoms. The van der Waals surface area contributed by atoms with Crippen LogP contribution in [0.25, 0.3) is 0 Å². The number of aliphatic carboxylic acids is 1. The normalized spacial score (nSPS) is 16.9. The molecule has 6 heteroatoms. The second-order valence-corrected chi connectivity index (χ2v) is 3.89. The number of urea groups is 1. The summed E-state index contributed by atoms with van der Waals surface area (Å²) in [6.07, 6.45) is 2.02. The summed E-state index contributed by atoms with van der Waals surface area (Å²) >= 11 is 0. The molecule has 0 heterocycles. The Hall–Kier alpha value is -1.30. The molecule has 86 valence electrons. The molecule has 6 nitrogen and oxygen atoms in total. The SMILES string of the molecule is CC1(NC(=O)NCCOCC(=O)O)CC1. The van der Waals surface area contributed by atoms with Crippen molar-refractivity contribution in [3.63, 3.8) is 0 Å². The lowest BCUT2D eigenvalue weighted by Crippen LogP contribution is -2.43. The molecule has 0 aromatic heterocycles. The van der Waals surface area contributed by atoms with Crippen molar-refractivity contribution >= 4 is 12.0 Å². The van der Waals surface area contributed by atoms with Gasteiger partial charge in [-0.1, -0.05) is 0 Å². The standard InChI is InChI=1S/C9H16N2O4/c1-9(2-3-9)11-8(14)10-4-5-15-6-7(12)13/h2-6H2,1H3,(H,12,13)(H2,10,11,14). The summed E-state index contributed by atoms with van der Waals surface area (Å²) in [5.41, 5.74) is -0.0357. The Balaban J connectivity index is 1.95. The Bertz CT molecular complexity index is 250. The minimum atomic E-state index is -1.01. The zero-order chi connectivity index (χ0) is 11.3. The number of ether oxygens (including phenoxy) is 1. The average molecular weight is 216 g/mol. The van der Waals surface area contributed by atoms with Gasteiger partial charge in [-0.3, -0.25) is 0 Å². The Morgan fingerprint density at radius 3 is 2.67 bits per heavy atom. The van der Waals surface area contributed by atoms with Crippen molar-refractivity contribution in [1.82, 2.24) is 10.6 Å². The fraction of sp³-hybridized carbons (Fsp3) is 0.778. The molecule has 0 aliphatic heterocycles. The quantitative estimate of drug-likeness (QED) is 0.543. The van der Waals surface area contributed by atoms with E-state index in [0.29, 0.717) is 6.54 Å². The van der Waals surface area contributed by atoms with Gasteiger partial charge in [-0.15, -0.1) is 0 Å². The van der Waals surface area contributed by atoms with Crippen LogP contribution in [0.4, 0.5) is 4.79 Å². The maximum atomic E-state index is 11.2. The van der Waals surface area contributed by atoms with Gasteiger partial charge < -0.3 is 20.5 Å². The van der Waals surface area contributed by atoms with Crippen molar-refractivity contribution in [3.8, 4) is 0 Å². The zero-order valence-electron chi connectivity index (χ0n) is 8.71. The van der Waals surface area contributed by atoms with E-state index < -0.39 is 5.97 Å². The van der Waals surface area contributed by atoms with Crippen LogP contribution in [0.15, 0.2) is 0 Å². The van der Waals surface area contributed by atoms with Gasteiger partial charge in [0, 0.05) is 12.1 Å². The second kappa shape index (κ2) is 4.97. The van der Waals surface area contributed by atoms with Gasteiger partial charge in [0.1, 0.15) is 6.61 Å². The van der Waals surface area contributed by atoms with Crippen molar-refractivity contribution in [2.24, 2.45) is 0 Å². The highest BCUT2D eigenvalue weighted by Crippen LogP contribution is 2.33.